The maximum absolute atomic E-state index is 10.8. The monoisotopic (exact) mass is 186 g/mol. The van der Waals surface area contributed by atoms with Gasteiger partial charge < -0.3 is 10.1 Å². The van der Waals surface area contributed by atoms with Gasteiger partial charge in [-0.25, -0.2) is 4.79 Å². The standard InChI is InChI=1S/C10H20NO2/c1-4-5-6-7-8-9(2)13-10(12)11-3/h9H,1,4-8H2,2-3H3,(H,11,12). The molecule has 0 aliphatic carbocycles. The summed E-state index contributed by atoms with van der Waals surface area (Å²) in [4.78, 5) is 10.8. The first-order valence-electron chi connectivity index (χ1n) is 4.88. The van der Waals surface area contributed by atoms with Gasteiger partial charge in [0.15, 0.2) is 0 Å². The largest absolute Gasteiger partial charge is 0.447 e. The smallest absolute Gasteiger partial charge is 0.407 e. The predicted octanol–water partition coefficient (Wildman–Crippen LogP) is 2.52. The van der Waals surface area contributed by atoms with Crippen LogP contribution in [0.4, 0.5) is 4.79 Å². The fraction of sp³-hybridized carbons (Fsp3) is 0.800. The summed E-state index contributed by atoms with van der Waals surface area (Å²) in [5.74, 6) is 0. The molecular weight excluding hydrogens is 166 g/mol. The van der Waals surface area contributed by atoms with Crippen LogP contribution in [0.15, 0.2) is 0 Å². The summed E-state index contributed by atoms with van der Waals surface area (Å²) in [7, 11) is 1.57. The van der Waals surface area contributed by atoms with Gasteiger partial charge in [-0.05, 0) is 19.8 Å². The van der Waals surface area contributed by atoms with Crippen LogP contribution >= 0.6 is 0 Å². The number of hydrogen-bond donors (Lipinski definition) is 1. The normalized spacial score (nSPS) is 12.2. The summed E-state index contributed by atoms with van der Waals surface area (Å²) >= 11 is 0. The van der Waals surface area contributed by atoms with E-state index in [-0.39, 0.29) is 12.2 Å². The van der Waals surface area contributed by atoms with Crippen molar-refractivity contribution in [1.82, 2.24) is 5.32 Å². The fourth-order valence-corrected chi connectivity index (χ4v) is 1.09. The number of ether oxygens (including phenoxy) is 1. The first-order chi connectivity index (χ1) is 6.20. The minimum atomic E-state index is -0.343. The van der Waals surface area contributed by atoms with E-state index in [0.29, 0.717) is 0 Å². The molecule has 0 spiro atoms. The van der Waals surface area contributed by atoms with Gasteiger partial charge in [0, 0.05) is 7.05 Å². The van der Waals surface area contributed by atoms with E-state index in [4.69, 9.17) is 4.74 Å². The average Bonchev–Trinajstić information content (AvgIpc) is 2.12. The van der Waals surface area contributed by atoms with Crippen molar-refractivity contribution < 1.29 is 9.53 Å². The van der Waals surface area contributed by atoms with Crippen LogP contribution in [0.5, 0.6) is 0 Å². The predicted molar refractivity (Wildman–Crippen MR) is 53.4 cm³/mol. The average molecular weight is 186 g/mol. The van der Waals surface area contributed by atoms with E-state index in [1.54, 1.807) is 7.05 Å². The van der Waals surface area contributed by atoms with Crippen molar-refractivity contribution in [3.63, 3.8) is 0 Å². The Kier molecular flexibility index (Phi) is 7.45. The number of alkyl carbamates (subject to hydrolysis) is 1. The topological polar surface area (TPSA) is 38.3 Å². The van der Waals surface area contributed by atoms with Crippen molar-refractivity contribution >= 4 is 6.09 Å². The summed E-state index contributed by atoms with van der Waals surface area (Å²) in [6.45, 7) is 5.68. The highest BCUT2D eigenvalue weighted by molar-refractivity contribution is 5.66. The Morgan fingerprint density at radius 1 is 1.46 bits per heavy atom. The van der Waals surface area contributed by atoms with E-state index < -0.39 is 0 Å². The Balaban J connectivity index is 3.29. The molecule has 77 valence electrons. The molecule has 0 aliphatic rings. The third-order valence-electron chi connectivity index (χ3n) is 1.87. The number of nitrogens with one attached hydrogen (secondary N) is 1. The van der Waals surface area contributed by atoms with E-state index in [0.717, 1.165) is 25.7 Å². The minimum absolute atomic E-state index is 0.0183. The van der Waals surface area contributed by atoms with Gasteiger partial charge in [0.25, 0.3) is 0 Å². The van der Waals surface area contributed by atoms with Crippen molar-refractivity contribution in [2.75, 3.05) is 7.05 Å². The zero-order chi connectivity index (χ0) is 10.1. The van der Waals surface area contributed by atoms with Gasteiger partial charge in [-0.3, -0.25) is 0 Å². The molecule has 0 saturated heterocycles. The molecule has 0 aromatic rings. The summed E-state index contributed by atoms with van der Waals surface area (Å²) in [6, 6.07) is 0. The van der Waals surface area contributed by atoms with E-state index in [1.165, 1.54) is 6.42 Å². The van der Waals surface area contributed by atoms with Crippen molar-refractivity contribution in [3.05, 3.63) is 6.92 Å². The van der Waals surface area contributed by atoms with Crippen LogP contribution in [-0.2, 0) is 4.74 Å². The highest BCUT2D eigenvalue weighted by Crippen LogP contribution is 2.07. The summed E-state index contributed by atoms with van der Waals surface area (Å²) in [6.07, 6.45) is 5.04. The van der Waals surface area contributed by atoms with Crippen molar-refractivity contribution in [1.29, 1.82) is 0 Å². The lowest BCUT2D eigenvalue weighted by molar-refractivity contribution is 0.103. The minimum Gasteiger partial charge on any atom is -0.447 e. The molecule has 1 radical (unpaired) electrons. The number of carbonyl (C=O) groups excluding carboxylic acids is 1. The third kappa shape index (κ3) is 7.62. The highest BCUT2D eigenvalue weighted by Gasteiger charge is 2.06. The fourth-order valence-electron chi connectivity index (χ4n) is 1.09. The molecule has 1 atom stereocenters. The molecular formula is C10H20NO2. The van der Waals surface area contributed by atoms with Crippen LogP contribution in [0.3, 0.4) is 0 Å². The van der Waals surface area contributed by atoms with Gasteiger partial charge in [-0.1, -0.05) is 26.2 Å². The summed E-state index contributed by atoms with van der Waals surface area (Å²) < 4.78 is 5.01. The summed E-state index contributed by atoms with van der Waals surface area (Å²) in [5, 5.41) is 2.43. The van der Waals surface area contributed by atoms with Gasteiger partial charge in [0.1, 0.15) is 6.10 Å². The van der Waals surface area contributed by atoms with E-state index in [2.05, 4.69) is 12.2 Å². The number of unbranched alkanes of at least 4 members (excludes halogenated alkanes) is 3. The molecule has 13 heavy (non-hydrogen) atoms. The lowest BCUT2D eigenvalue weighted by Crippen LogP contribution is -2.24. The highest BCUT2D eigenvalue weighted by atomic mass is 16.6. The SMILES string of the molecule is [CH2]CCCCCC(C)OC(=O)NC. The molecule has 0 aromatic carbocycles. The van der Waals surface area contributed by atoms with Crippen LogP contribution in [0.2, 0.25) is 0 Å². The molecule has 0 aromatic heterocycles. The number of carbonyl (C=O) groups is 1. The van der Waals surface area contributed by atoms with E-state index in [1.807, 2.05) is 6.92 Å². The molecule has 1 N–H and O–H groups in total. The molecule has 1 amide bonds. The lowest BCUT2D eigenvalue weighted by Gasteiger charge is -2.11. The second kappa shape index (κ2) is 7.90. The Bertz CT molecular complexity index is 137. The van der Waals surface area contributed by atoms with Crippen molar-refractivity contribution in [3.8, 4) is 0 Å². The van der Waals surface area contributed by atoms with Gasteiger partial charge in [0.05, 0.1) is 0 Å². The molecule has 0 bridgehead atoms. The Morgan fingerprint density at radius 2 is 2.15 bits per heavy atom. The lowest BCUT2D eigenvalue weighted by atomic mass is 10.1. The summed E-state index contributed by atoms with van der Waals surface area (Å²) in [5.41, 5.74) is 0. The van der Waals surface area contributed by atoms with Crippen LogP contribution < -0.4 is 5.32 Å². The first kappa shape index (κ1) is 12.3. The maximum Gasteiger partial charge on any atom is 0.407 e. The number of amides is 1. The number of hydrogen-bond acceptors (Lipinski definition) is 2. The van der Waals surface area contributed by atoms with Crippen LogP contribution in [-0.4, -0.2) is 19.2 Å². The van der Waals surface area contributed by atoms with Crippen LogP contribution in [0.25, 0.3) is 0 Å². The molecule has 0 heterocycles. The third-order valence-corrected chi connectivity index (χ3v) is 1.87. The van der Waals surface area contributed by atoms with Gasteiger partial charge in [-0.2, -0.15) is 0 Å². The maximum atomic E-state index is 10.8. The second-order valence-corrected chi connectivity index (χ2v) is 3.17. The number of rotatable bonds is 6. The Hall–Kier alpha value is -0.730. The Morgan fingerprint density at radius 3 is 2.69 bits per heavy atom. The van der Waals surface area contributed by atoms with Gasteiger partial charge in [-0.15, -0.1) is 0 Å². The zero-order valence-electron chi connectivity index (χ0n) is 8.64. The van der Waals surface area contributed by atoms with Crippen LogP contribution in [0.1, 0.15) is 39.0 Å². The van der Waals surface area contributed by atoms with Gasteiger partial charge in [0.2, 0.25) is 0 Å². The molecule has 0 aliphatic heterocycles. The first-order valence-corrected chi connectivity index (χ1v) is 4.88. The van der Waals surface area contributed by atoms with Crippen molar-refractivity contribution in [2.24, 2.45) is 0 Å². The molecule has 3 nitrogen and oxygen atoms in total. The van der Waals surface area contributed by atoms with E-state index in [9.17, 15) is 4.79 Å². The molecule has 3 heteroatoms. The molecule has 1 unspecified atom stereocenters. The molecule has 0 saturated carbocycles. The van der Waals surface area contributed by atoms with E-state index >= 15 is 0 Å². The van der Waals surface area contributed by atoms with Crippen molar-refractivity contribution in [2.45, 2.75) is 45.1 Å². The second-order valence-electron chi connectivity index (χ2n) is 3.17. The van der Waals surface area contributed by atoms with Crippen LogP contribution in [0, 0.1) is 6.92 Å². The Labute approximate surface area is 80.8 Å². The molecule has 0 fully saturated rings. The molecule has 0 rings (SSSR count). The zero-order valence-corrected chi connectivity index (χ0v) is 8.64. The quantitative estimate of drug-likeness (QED) is 0.647. The van der Waals surface area contributed by atoms with Gasteiger partial charge >= 0.3 is 6.09 Å².